The number of nitriles is 1. The van der Waals surface area contributed by atoms with Gasteiger partial charge < -0.3 is 0 Å². The van der Waals surface area contributed by atoms with E-state index in [0.29, 0.717) is 12.0 Å². The van der Waals surface area contributed by atoms with Crippen LogP contribution in [0.4, 0.5) is 0 Å². The number of fused-ring (bicyclic) bond motifs is 1. The van der Waals surface area contributed by atoms with Crippen LogP contribution in [0.1, 0.15) is 11.1 Å². The SMILES string of the molecule is N#Cc1ccc(CCO[SH](=O)=O)cc1.c1cc2ccc1-2. The molecule has 3 rings (SSSR count). The topological polar surface area (TPSA) is 67.2 Å². The van der Waals surface area contributed by atoms with Gasteiger partial charge in [0.1, 0.15) is 0 Å². The average molecular weight is 287 g/mol. The van der Waals surface area contributed by atoms with Crippen LogP contribution in [0.5, 0.6) is 0 Å². The normalized spacial score (nSPS) is 10.4. The summed E-state index contributed by atoms with van der Waals surface area (Å²) in [7, 11) is -2.76. The molecule has 2 aliphatic rings. The van der Waals surface area contributed by atoms with Crippen LogP contribution in [-0.4, -0.2) is 15.0 Å². The molecule has 0 spiro atoms. The highest BCUT2D eigenvalue weighted by atomic mass is 32.2. The fraction of sp³-hybridized carbons (Fsp3) is 0.133. The maximum Gasteiger partial charge on any atom is 0.257 e. The number of hydrogen-bond donors (Lipinski definition) is 1. The minimum atomic E-state index is -2.76. The fourth-order valence-corrected chi connectivity index (χ4v) is 1.89. The summed E-state index contributed by atoms with van der Waals surface area (Å²) in [6, 6.07) is 17.4. The quantitative estimate of drug-likeness (QED) is 0.748. The van der Waals surface area contributed by atoms with Gasteiger partial charge in [0.15, 0.2) is 0 Å². The third-order valence-corrected chi connectivity index (χ3v) is 3.28. The van der Waals surface area contributed by atoms with Crippen molar-refractivity contribution in [1.82, 2.24) is 0 Å². The smallest absolute Gasteiger partial charge is 0.257 e. The number of hydrogen-bond acceptors (Lipinski definition) is 4. The third-order valence-electron chi connectivity index (χ3n) is 2.89. The monoisotopic (exact) mass is 287 g/mol. The minimum Gasteiger partial charge on any atom is -0.272 e. The maximum atomic E-state index is 10.1. The van der Waals surface area contributed by atoms with Crippen molar-refractivity contribution in [3.8, 4) is 17.2 Å². The summed E-state index contributed by atoms with van der Waals surface area (Å²) in [4.78, 5) is 0. The van der Waals surface area contributed by atoms with Crippen molar-refractivity contribution in [3.05, 3.63) is 59.7 Å². The van der Waals surface area contributed by atoms with Gasteiger partial charge in [-0.15, -0.1) is 0 Å². The van der Waals surface area contributed by atoms with E-state index in [1.54, 1.807) is 24.3 Å². The summed E-state index contributed by atoms with van der Waals surface area (Å²) in [5.41, 5.74) is 4.38. The Hall–Kier alpha value is -2.16. The molecule has 0 radical (unpaired) electrons. The van der Waals surface area contributed by atoms with Crippen LogP contribution in [0, 0.1) is 11.3 Å². The van der Waals surface area contributed by atoms with E-state index >= 15 is 0 Å². The molecule has 0 unspecified atom stereocenters. The molecular weight excluding hydrogens is 274 g/mol. The second-order valence-corrected chi connectivity index (χ2v) is 4.90. The van der Waals surface area contributed by atoms with E-state index in [1.165, 1.54) is 11.1 Å². The van der Waals surface area contributed by atoms with Crippen molar-refractivity contribution in [2.24, 2.45) is 0 Å². The van der Waals surface area contributed by atoms with Gasteiger partial charge in [0.25, 0.3) is 11.0 Å². The Kier molecular flexibility index (Phi) is 4.88. The van der Waals surface area contributed by atoms with Crippen molar-refractivity contribution in [2.45, 2.75) is 6.42 Å². The maximum absolute atomic E-state index is 10.1. The highest BCUT2D eigenvalue weighted by Crippen LogP contribution is 2.29. The van der Waals surface area contributed by atoms with Crippen LogP contribution < -0.4 is 0 Å². The zero-order valence-corrected chi connectivity index (χ0v) is 11.5. The Morgan fingerprint density at radius 3 is 1.85 bits per heavy atom. The average Bonchev–Trinajstić information content (AvgIpc) is 2.44. The highest BCUT2D eigenvalue weighted by molar-refractivity contribution is 7.67. The highest BCUT2D eigenvalue weighted by Gasteiger charge is 2.04. The Balaban J connectivity index is 0.000000198. The molecule has 102 valence electrons. The number of thiol groups is 1. The van der Waals surface area contributed by atoms with Crippen molar-refractivity contribution in [1.29, 1.82) is 5.26 Å². The lowest BCUT2D eigenvalue weighted by atomic mass is 9.95. The van der Waals surface area contributed by atoms with Crippen LogP contribution >= 0.6 is 0 Å². The van der Waals surface area contributed by atoms with Crippen molar-refractivity contribution < 1.29 is 12.6 Å². The van der Waals surface area contributed by atoms with Gasteiger partial charge in [0.2, 0.25) is 0 Å². The largest absolute Gasteiger partial charge is 0.272 e. The van der Waals surface area contributed by atoms with Gasteiger partial charge in [-0.1, -0.05) is 36.4 Å². The Morgan fingerprint density at radius 2 is 1.50 bits per heavy atom. The number of nitrogens with zero attached hydrogens (tertiary/aromatic N) is 1. The second-order valence-electron chi connectivity index (χ2n) is 4.19. The van der Waals surface area contributed by atoms with Crippen molar-refractivity contribution >= 4 is 11.0 Å². The zero-order chi connectivity index (χ0) is 14.4. The molecule has 1 aromatic carbocycles. The van der Waals surface area contributed by atoms with Gasteiger partial charge in [-0.25, -0.2) is 8.42 Å². The van der Waals surface area contributed by atoms with E-state index in [2.05, 4.69) is 28.4 Å². The van der Waals surface area contributed by atoms with Crippen LogP contribution in [0.25, 0.3) is 11.1 Å². The third kappa shape index (κ3) is 3.92. The molecule has 1 aromatic rings. The molecule has 4 nitrogen and oxygen atoms in total. The first-order chi connectivity index (χ1) is 9.69. The van der Waals surface area contributed by atoms with Crippen LogP contribution in [0.2, 0.25) is 0 Å². The van der Waals surface area contributed by atoms with E-state index in [1.807, 2.05) is 6.07 Å². The Morgan fingerprint density at radius 1 is 0.950 bits per heavy atom. The molecule has 0 bridgehead atoms. The molecule has 2 aliphatic carbocycles. The van der Waals surface area contributed by atoms with Crippen molar-refractivity contribution in [2.75, 3.05) is 6.61 Å². The lowest BCUT2D eigenvalue weighted by molar-refractivity contribution is 0.337. The number of benzene rings is 2. The summed E-state index contributed by atoms with van der Waals surface area (Å²) < 4.78 is 24.5. The van der Waals surface area contributed by atoms with E-state index in [0.717, 1.165) is 5.56 Å². The molecule has 0 N–H and O–H groups in total. The summed E-state index contributed by atoms with van der Waals surface area (Å²) in [5.74, 6) is 0. The van der Waals surface area contributed by atoms with Crippen LogP contribution in [-0.2, 0) is 21.6 Å². The van der Waals surface area contributed by atoms with Crippen LogP contribution in [0.15, 0.2) is 48.5 Å². The molecular formula is C15H13NO3S. The first kappa shape index (κ1) is 14.3. The first-order valence-corrected chi connectivity index (χ1v) is 7.15. The van der Waals surface area contributed by atoms with Crippen LogP contribution in [0.3, 0.4) is 0 Å². The van der Waals surface area contributed by atoms with Gasteiger partial charge in [-0.2, -0.15) is 5.26 Å². The lowest BCUT2D eigenvalue weighted by Gasteiger charge is -2.10. The standard InChI is InChI=1S/C9H9NO3S.C6H4/c10-7-9-3-1-8(2-4-9)5-6-13-14(11)12;1-2-6-4-3-5(1)6/h1-4,14H,5-6H2;1-4H. The van der Waals surface area contributed by atoms with E-state index < -0.39 is 11.0 Å². The second kappa shape index (κ2) is 6.85. The molecule has 0 heterocycles. The summed E-state index contributed by atoms with van der Waals surface area (Å²) >= 11 is 0. The molecule has 0 fully saturated rings. The Bertz CT molecular complexity index is 654. The fourth-order valence-electron chi connectivity index (χ4n) is 1.65. The van der Waals surface area contributed by atoms with Gasteiger partial charge in [-0.3, -0.25) is 4.18 Å². The Labute approximate surface area is 119 Å². The molecule has 0 aromatic heterocycles. The predicted molar refractivity (Wildman–Crippen MR) is 76.6 cm³/mol. The van der Waals surface area contributed by atoms with Gasteiger partial charge in [0.05, 0.1) is 18.2 Å². The molecule has 0 saturated carbocycles. The van der Waals surface area contributed by atoms with Gasteiger partial charge in [-0.05, 0) is 35.2 Å². The predicted octanol–water partition coefficient (Wildman–Crippen LogP) is 2.31. The van der Waals surface area contributed by atoms with Crippen molar-refractivity contribution in [3.63, 3.8) is 0 Å². The lowest BCUT2D eigenvalue weighted by Crippen LogP contribution is -1.96. The van der Waals surface area contributed by atoms with E-state index in [9.17, 15) is 8.42 Å². The van der Waals surface area contributed by atoms with E-state index in [4.69, 9.17) is 5.26 Å². The summed E-state index contributed by atoms with van der Waals surface area (Å²) in [6.07, 6.45) is 0.523. The molecule has 0 atom stereocenters. The zero-order valence-electron chi connectivity index (χ0n) is 10.7. The van der Waals surface area contributed by atoms with E-state index in [-0.39, 0.29) is 6.61 Å². The summed E-state index contributed by atoms with van der Waals surface area (Å²) in [6.45, 7) is 0.143. The molecule has 0 amide bonds. The van der Waals surface area contributed by atoms with Gasteiger partial charge in [0, 0.05) is 0 Å². The molecule has 5 heteroatoms. The summed E-state index contributed by atoms with van der Waals surface area (Å²) in [5, 5.41) is 8.52. The minimum absolute atomic E-state index is 0.143. The molecule has 0 aliphatic heterocycles. The molecule has 20 heavy (non-hydrogen) atoms. The first-order valence-electron chi connectivity index (χ1n) is 6.06. The van der Waals surface area contributed by atoms with Gasteiger partial charge >= 0.3 is 0 Å². The molecule has 0 saturated heterocycles. The number of rotatable bonds is 4.